The number of sulfonamides is 1. The van der Waals surface area contributed by atoms with Gasteiger partial charge in [-0.3, -0.25) is 10.2 Å². The summed E-state index contributed by atoms with van der Waals surface area (Å²) in [6.07, 6.45) is 1.52. The highest BCUT2D eigenvalue weighted by Crippen LogP contribution is 2.27. The van der Waals surface area contributed by atoms with E-state index in [1.54, 1.807) is 18.2 Å². The lowest BCUT2D eigenvalue weighted by atomic mass is 10.2. The number of hydrazone groups is 1. The third kappa shape index (κ3) is 5.46. The zero-order chi connectivity index (χ0) is 19.2. The lowest BCUT2D eigenvalue weighted by Crippen LogP contribution is -2.20. The molecule has 5 N–H and O–H groups in total. The summed E-state index contributed by atoms with van der Waals surface area (Å²) in [5.41, 5.74) is 9.08. The molecule has 0 saturated carbocycles. The zero-order valence-corrected chi connectivity index (χ0v) is 14.7. The van der Waals surface area contributed by atoms with E-state index in [0.29, 0.717) is 22.7 Å². The number of nitrogens with one attached hydrogen (secondary N) is 1. The number of methoxy groups -OCH3 is 1. The van der Waals surface area contributed by atoms with E-state index in [1.165, 1.54) is 37.6 Å². The minimum Gasteiger partial charge on any atom is -0.493 e. The van der Waals surface area contributed by atoms with Gasteiger partial charge < -0.3 is 15.2 Å². The van der Waals surface area contributed by atoms with Crippen molar-refractivity contribution in [3.63, 3.8) is 0 Å². The maximum Gasteiger partial charge on any atom is 0.255 e. The molecular formula is C16H18N4O5S. The van der Waals surface area contributed by atoms with Crippen molar-refractivity contribution in [2.75, 3.05) is 19.1 Å². The Kier molecular flexibility index (Phi) is 6.15. The summed E-state index contributed by atoms with van der Waals surface area (Å²) >= 11 is 0. The monoisotopic (exact) mass is 378 g/mol. The Labute approximate surface area is 150 Å². The van der Waals surface area contributed by atoms with Crippen molar-refractivity contribution < 1.29 is 22.7 Å². The average molecular weight is 378 g/mol. The van der Waals surface area contributed by atoms with Gasteiger partial charge in [0.2, 0.25) is 10.0 Å². The summed E-state index contributed by atoms with van der Waals surface area (Å²) in [5, 5.41) is 9.09. The number of amides is 1. The Morgan fingerprint density at radius 1 is 1.19 bits per heavy atom. The first-order valence-electron chi connectivity index (χ1n) is 7.30. The average Bonchev–Trinajstić information content (AvgIpc) is 2.59. The van der Waals surface area contributed by atoms with E-state index in [2.05, 4.69) is 10.5 Å². The lowest BCUT2D eigenvalue weighted by Gasteiger charge is -2.09. The third-order valence-electron chi connectivity index (χ3n) is 3.15. The summed E-state index contributed by atoms with van der Waals surface area (Å²) in [5.74, 6) is 0.207. The van der Waals surface area contributed by atoms with Crippen LogP contribution in [-0.4, -0.2) is 34.3 Å². The van der Waals surface area contributed by atoms with Crippen LogP contribution in [0, 0.1) is 0 Å². The Morgan fingerprint density at radius 3 is 2.46 bits per heavy atom. The number of benzene rings is 2. The maximum atomic E-state index is 11.2. The molecule has 0 atom stereocenters. The summed E-state index contributed by atoms with van der Waals surface area (Å²) in [6.45, 7) is -0.272. The molecule has 2 rings (SSSR count). The van der Waals surface area contributed by atoms with Crippen LogP contribution >= 0.6 is 0 Å². The van der Waals surface area contributed by atoms with E-state index in [0.717, 1.165) is 0 Å². The number of hydrogen-bond acceptors (Lipinski definition) is 7. The second-order valence-electron chi connectivity index (χ2n) is 5.10. The van der Waals surface area contributed by atoms with E-state index >= 15 is 0 Å². The van der Waals surface area contributed by atoms with Crippen LogP contribution in [0.25, 0.3) is 0 Å². The number of nitrogens with zero attached hydrogens (tertiary/aromatic N) is 1. The van der Waals surface area contributed by atoms with Crippen LogP contribution in [-0.2, 0) is 14.8 Å². The van der Waals surface area contributed by atoms with Crippen molar-refractivity contribution in [2.45, 2.75) is 4.90 Å². The van der Waals surface area contributed by atoms with E-state index < -0.39 is 15.9 Å². The molecule has 2 aromatic rings. The first-order valence-corrected chi connectivity index (χ1v) is 8.85. The predicted octanol–water partition coefficient (Wildman–Crippen LogP) is 0.653. The SMILES string of the molecule is COc1ccc(C=NNc2ccc(S(N)(=O)=O)cc2)cc1OCC(N)=O. The van der Waals surface area contributed by atoms with E-state index in [1.807, 2.05) is 0 Å². The van der Waals surface area contributed by atoms with Crippen molar-refractivity contribution in [3.05, 3.63) is 48.0 Å². The van der Waals surface area contributed by atoms with Crippen LogP contribution in [0.2, 0.25) is 0 Å². The van der Waals surface area contributed by atoms with Gasteiger partial charge in [0.05, 0.1) is 23.9 Å². The van der Waals surface area contributed by atoms with Gasteiger partial charge in [0.1, 0.15) is 0 Å². The quantitative estimate of drug-likeness (QED) is 0.454. The molecule has 26 heavy (non-hydrogen) atoms. The third-order valence-corrected chi connectivity index (χ3v) is 4.08. The van der Waals surface area contributed by atoms with Crippen molar-refractivity contribution >= 4 is 27.8 Å². The molecule has 0 fully saturated rings. The molecule has 10 heteroatoms. The first kappa shape index (κ1) is 19.2. The minimum atomic E-state index is -3.73. The van der Waals surface area contributed by atoms with Crippen LogP contribution in [0.5, 0.6) is 11.5 Å². The Hall–Kier alpha value is -3.11. The fourth-order valence-electron chi connectivity index (χ4n) is 1.94. The van der Waals surface area contributed by atoms with Crippen LogP contribution < -0.4 is 25.8 Å². The lowest BCUT2D eigenvalue weighted by molar-refractivity contribution is -0.119. The highest BCUT2D eigenvalue weighted by molar-refractivity contribution is 7.89. The molecule has 9 nitrogen and oxygen atoms in total. The zero-order valence-electron chi connectivity index (χ0n) is 13.9. The number of ether oxygens (including phenoxy) is 2. The standard InChI is InChI=1S/C16H18N4O5S/c1-24-14-7-2-11(8-15(14)25-10-16(17)21)9-19-20-12-3-5-13(6-4-12)26(18,22)23/h2-9,20H,10H2,1H3,(H2,17,21)(H2,18,22,23). The van der Waals surface area contributed by atoms with Gasteiger partial charge >= 0.3 is 0 Å². The van der Waals surface area contributed by atoms with E-state index in [-0.39, 0.29) is 11.5 Å². The van der Waals surface area contributed by atoms with Crippen molar-refractivity contribution in [2.24, 2.45) is 16.0 Å². The number of anilines is 1. The fourth-order valence-corrected chi connectivity index (χ4v) is 2.45. The summed E-state index contributed by atoms with van der Waals surface area (Å²) < 4.78 is 32.8. The number of rotatable bonds is 8. The molecule has 138 valence electrons. The highest BCUT2D eigenvalue weighted by atomic mass is 32.2. The van der Waals surface area contributed by atoms with E-state index in [4.69, 9.17) is 20.3 Å². The summed E-state index contributed by atoms with van der Waals surface area (Å²) in [4.78, 5) is 10.9. The van der Waals surface area contributed by atoms with Gasteiger partial charge in [-0.2, -0.15) is 5.10 Å². The van der Waals surface area contributed by atoms with Crippen LogP contribution in [0.3, 0.4) is 0 Å². The molecule has 2 aromatic carbocycles. The normalized spacial score (nSPS) is 11.3. The van der Waals surface area contributed by atoms with Gasteiger partial charge in [-0.25, -0.2) is 13.6 Å². The second kappa shape index (κ2) is 8.32. The van der Waals surface area contributed by atoms with Crippen LogP contribution in [0.4, 0.5) is 5.69 Å². The molecule has 0 radical (unpaired) electrons. The molecule has 0 heterocycles. The first-order chi connectivity index (χ1) is 12.3. The van der Waals surface area contributed by atoms with Gasteiger partial charge in [-0.05, 0) is 48.0 Å². The molecule has 0 aromatic heterocycles. The number of nitrogens with two attached hydrogens (primary N) is 2. The Morgan fingerprint density at radius 2 is 1.88 bits per heavy atom. The van der Waals surface area contributed by atoms with Gasteiger partial charge in [0.25, 0.3) is 5.91 Å². The summed E-state index contributed by atoms with van der Waals surface area (Å²) in [7, 11) is -2.25. The van der Waals surface area contributed by atoms with Gasteiger partial charge in [0.15, 0.2) is 18.1 Å². The molecule has 0 spiro atoms. The number of carbonyl (C=O) groups excluding carboxylic acids is 1. The van der Waals surface area contributed by atoms with E-state index in [9.17, 15) is 13.2 Å². The number of primary sulfonamides is 1. The number of carbonyl (C=O) groups is 1. The smallest absolute Gasteiger partial charge is 0.255 e. The molecule has 0 aliphatic rings. The Balaban J connectivity index is 2.07. The van der Waals surface area contributed by atoms with Gasteiger partial charge in [0, 0.05) is 0 Å². The second-order valence-corrected chi connectivity index (χ2v) is 6.67. The van der Waals surface area contributed by atoms with Gasteiger partial charge in [-0.15, -0.1) is 0 Å². The van der Waals surface area contributed by atoms with Crippen LogP contribution in [0.1, 0.15) is 5.56 Å². The largest absolute Gasteiger partial charge is 0.493 e. The predicted molar refractivity (Wildman–Crippen MR) is 96.7 cm³/mol. The highest BCUT2D eigenvalue weighted by Gasteiger charge is 2.07. The van der Waals surface area contributed by atoms with Crippen LogP contribution in [0.15, 0.2) is 52.5 Å². The van der Waals surface area contributed by atoms with Crippen molar-refractivity contribution in [1.82, 2.24) is 0 Å². The van der Waals surface area contributed by atoms with Crippen molar-refractivity contribution in [3.8, 4) is 11.5 Å². The summed E-state index contributed by atoms with van der Waals surface area (Å²) in [6, 6.07) is 10.9. The molecule has 1 amide bonds. The molecule has 0 unspecified atom stereocenters. The molecule has 0 saturated heterocycles. The Bertz CT molecular complexity index is 911. The molecule has 0 aliphatic carbocycles. The van der Waals surface area contributed by atoms with Crippen molar-refractivity contribution in [1.29, 1.82) is 0 Å². The molecular weight excluding hydrogens is 360 g/mol. The molecule has 0 bridgehead atoms. The fraction of sp³-hybridized carbons (Fsp3) is 0.125. The minimum absolute atomic E-state index is 0.0124. The number of hydrogen-bond donors (Lipinski definition) is 3. The molecule has 0 aliphatic heterocycles. The maximum absolute atomic E-state index is 11.2. The number of primary amides is 1. The topological polar surface area (TPSA) is 146 Å². The van der Waals surface area contributed by atoms with Gasteiger partial charge in [-0.1, -0.05) is 0 Å².